The van der Waals surface area contributed by atoms with Gasteiger partial charge in [-0.1, -0.05) is 0 Å². The summed E-state index contributed by atoms with van der Waals surface area (Å²) in [6, 6.07) is 6.47. The summed E-state index contributed by atoms with van der Waals surface area (Å²) >= 11 is 0. The molecule has 0 atom stereocenters. The van der Waals surface area contributed by atoms with E-state index in [0.29, 0.717) is 35.6 Å². The van der Waals surface area contributed by atoms with Gasteiger partial charge in [-0.05, 0) is 43.2 Å². The van der Waals surface area contributed by atoms with E-state index in [1.807, 2.05) is 13.0 Å². The lowest BCUT2D eigenvalue weighted by atomic mass is 10.0. The van der Waals surface area contributed by atoms with Crippen LogP contribution in [0.4, 0.5) is 13.2 Å². The van der Waals surface area contributed by atoms with Crippen LogP contribution in [-0.2, 0) is 33.2 Å². The fraction of sp³-hybridized carbons (Fsp3) is 0.318. The summed E-state index contributed by atoms with van der Waals surface area (Å²) in [5, 5.41) is 16.8. The number of fused-ring (bicyclic) bond motifs is 1. The van der Waals surface area contributed by atoms with E-state index in [-0.39, 0.29) is 18.1 Å². The monoisotopic (exact) mass is 470 g/mol. The SMILES string of the molecule is Cc1cc(C(=O)N2CCc3c(nn(C)c3-c3cc(C(F)(F)F)n(C)n3)C2)cc(-n2nccn2)c1. The van der Waals surface area contributed by atoms with Crippen molar-refractivity contribution in [3.63, 3.8) is 0 Å². The lowest BCUT2D eigenvalue weighted by Crippen LogP contribution is -2.36. The first-order valence-electron chi connectivity index (χ1n) is 10.6. The summed E-state index contributed by atoms with van der Waals surface area (Å²) in [4.78, 5) is 16.4. The van der Waals surface area contributed by atoms with Gasteiger partial charge in [0.15, 0.2) is 0 Å². The minimum Gasteiger partial charge on any atom is -0.332 e. The Morgan fingerprint density at radius 3 is 2.41 bits per heavy atom. The number of carbonyl (C=O) groups is 1. The third kappa shape index (κ3) is 3.74. The van der Waals surface area contributed by atoms with Crippen LogP contribution in [0.1, 0.15) is 32.9 Å². The second-order valence-electron chi connectivity index (χ2n) is 8.29. The van der Waals surface area contributed by atoms with Crippen molar-refractivity contribution in [2.75, 3.05) is 6.54 Å². The largest absolute Gasteiger partial charge is 0.433 e. The fourth-order valence-electron chi connectivity index (χ4n) is 4.40. The Balaban J connectivity index is 1.44. The number of nitrogens with zero attached hydrogens (tertiary/aromatic N) is 8. The molecule has 0 spiro atoms. The number of hydrogen-bond donors (Lipinski definition) is 0. The van der Waals surface area contributed by atoms with E-state index in [0.717, 1.165) is 21.9 Å². The predicted molar refractivity (Wildman–Crippen MR) is 115 cm³/mol. The van der Waals surface area contributed by atoms with Crippen LogP contribution >= 0.6 is 0 Å². The number of alkyl halides is 3. The first kappa shape index (κ1) is 21.9. The Hall–Kier alpha value is -3.96. The zero-order valence-corrected chi connectivity index (χ0v) is 18.7. The molecule has 0 bridgehead atoms. The molecule has 0 saturated heterocycles. The van der Waals surface area contributed by atoms with Gasteiger partial charge >= 0.3 is 6.18 Å². The van der Waals surface area contributed by atoms with Crippen LogP contribution in [0.15, 0.2) is 36.7 Å². The van der Waals surface area contributed by atoms with E-state index in [1.54, 1.807) is 36.5 Å². The Labute approximate surface area is 192 Å². The van der Waals surface area contributed by atoms with Crippen LogP contribution < -0.4 is 0 Å². The minimum absolute atomic E-state index is 0.160. The van der Waals surface area contributed by atoms with Crippen molar-refractivity contribution in [1.29, 1.82) is 0 Å². The highest BCUT2D eigenvalue weighted by Crippen LogP contribution is 2.35. The van der Waals surface area contributed by atoms with Crippen LogP contribution in [-0.4, -0.2) is 51.9 Å². The van der Waals surface area contributed by atoms with Crippen LogP contribution in [0, 0.1) is 6.92 Å². The smallest absolute Gasteiger partial charge is 0.332 e. The summed E-state index contributed by atoms with van der Waals surface area (Å²) in [6.45, 7) is 2.56. The van der Waals surface area contributed by atoms with Gasteiger partial charge in [0.2, 0.25) is 0 Å². The maximum absolute atomic E-state index is 13.3. The molecule has 0 radical (unpaired) electrons. The number of hydrogen-bond acceptors (Lipinski definition) is 5. The third-order valence-electron chi connectivity index (χ3n) is 5.86. The first-order chi connectivity index (χ1) is 16.1. The van der Waals surface area contributed by atoms with Gasteiger partial charge in [-0.25, -0.2) is 0 Å². The van der Waals surface area contributed by atoms with Gasteiger partial charge < -0.3 is 4.90 Å². The highest BCUT2D eigenvalue weighted by molar-refractivity contribution is 5.95. The lowest BCUT2D eigenvalue weighted by Gasteiger charge is -2.27. The summed E-state index contributed by atoms with van der Waals surface area (Å²) in [5.41, 5.74) is 3.46. The molecule has 4 heterocycles. The second kappa shape index (κ2) is 7.82. The highest BCUT2D eigenvalue weighted by Gasteiger charge is 2.36. The Morgan fingerprint density at radius 2 is 1.74 bits per heavy atom. The maximum atomic E-state index is 13.3. The van der Waals surface area contributed by atoms with Crippen LogP contribution in [0.25, 0.3) is 17.1 Å². The van der Waals surface area contributed by atoms with Gasteiger partial charge in [0.25, 0.3) is 5.91 Å². The molecule has 1 aliphatic rings. The van der Waals surface area contributed by atoms with E-state index >= 15 is 0 Å². The van der Waals surface area contributed by atoms with Gasteiger partial charge in [0.1, 0.15) is 11.4 Å². The number of amides is 1. The summed E-state index contributed by atoms with van der Waals surface area (Å²) in [7, 11) is 2.94. The Kier molecular flexibility index (Phi) is 5.03. The molecule has 1 aliphatic heterocycles. The van der Waals surface area contributed by atoms with Crippen molar-refractivity contribution >= 4 is 5.91 Å². The van der Waals surface area contributed by atoms with Crippen molar-refractivity contribution in [2.45, 2.75) is 26.1 Å². The van der Waals surface area contributed by atoms with E-state index in [4.69, 9.17) is 0 Å². The molecule has 9 nitrogen and oxygen atoms in total. The van der Waals surface area contributed by atoms with Gasteiger partial charge in [0.05, 0.1) is 36.0 Å². The number of benzene rings is 1. The van der Waals surface area contributed by atoms with Crippen LogP contribution in [0.2, 0.25) is 0 Å². The Morgan fingerprint density at radius 1 is 1.00 bits per heavy atom. The second-order valence-corrected chi connectivity index (χ2v) is 8.29. The average molecular weight is 470 g/mol. The average Bonchev–Trinajstić information content (AvgIpc) is 3.50. The molecule has 12 heteroatoms. The molecule has 0 aliphatic carbocycles. The molecule has 5 rings (SSSR count). The van der Waals surface area contributed by atoms with Crippen molar-refractivity contribution in [3.8, 4) is 17.1 Å². The lowest BCUT2D eigenvalue weighted by molar-refractivity contribution is -0.143. The van der Waals surface area contributed by atoms with Crippen LogP contribution in [0.5, 0.6) is 0 Å². The maximum Gasteiger partial charge on any atom is 0.433 e. The predicted octanol–water partition coefficient (Wildman–Crippen LogP) is 2.93. The molecule has 0 fully saturated rings. The summed E-state index contributed by atoms with van der Waals surface area (Å²) < 4.78 is 42.1. The molecule has 176 valence electrons. The number of halogens is 3. The highest BCUT2D eigenvalue weighted by atomic mass is 19.4. The van der Waals surface area contributed by atoms with Gasteiger partial charge in [-0.15, -0.1) is 0 Å². The van der Waals surface area contributed by atoms with Gasteiger partial charge in [-0.2, -0.15) is 38.4 Å². The normalized spacial score (nSPS) is 13.9. The quantitative estimate of drug-likeness (QED) is 0.460. The molecule has 34 heavy (non-hydrogen) atoms. The number of carbonyl (C=O) groups excluding carboxylic acids is 1. The van der Waals surface area contributed by atoms with E-state index in [9.17, 15) is 18.0 Å². The number of aryl methyl sites for hydroxylation is 3. The van der Waals surface area contributed by atoms with E-state index in [1.165, 1.54) is 16.5 Å². The third-order valence-corrected chi connectivity index (χ3v) is 5.86. The van der Waals surface area contributed by atoms with Crippen molar-refractivity contribution in [2.24, 2.45) is 14.1 Å². The van der Waals surface area contributed by atoms with Crippen molar-refractivity contribution in [3.05, 3.63) is 64.7 Å². The molecule has 4 aromatic rings. The van der Waals surface area contributed by atoms with Crippen molar-refractivity contribution < 1.29 is 18.0 Å². The van der Waals surface area contributed by atoms with E-state index in [2.05, 4.69) is 20.4 Å². The molecule has 0 saturated carbocycles. The van der Waals surface area contributed by atoms with E-state index < -0.39 is 11.9 Å². The molecule has 0 N–H and O–H groups in total. The van der Waals surface area contributed by atoms with Crippen LogP contribution in [0.3, 0.4) is 0 Å². The van der Waals surface area contributed by atoms with Gasteiger partial charge in [-0.3, -0.25) is 14.2 Å². The summed E-state index contributed by atoms with van der Waals surface area (Å²) in [6.07, 6.45) is -0.913. The zero-order valence-electron chi connectivity index (χ0n) is 18.7. The zero-order chi connectivity index (χ0) is 24.2. The molecular formula is C22H21F3N8O. The molecule has 1 aromatic carbocycles. The molecule has 1 amide bonds. The standard InChI is InChI=1S/C22H21F3N8O/c1-13-8-14(10-15(9-13)33-26-5-6-27-33)21(34)32-7-4-16-18(12-32)29-31(3)20(16)17-11-19(22(23,24)25)30(2)28-17/h5-6,8-11H,4,7,12H2,1-3H3. The van der Waals surface area contributed by atoms with Crippen molar-refractivity contribution in [1.82, 2.24) is 39.5 Å². The number of rotatable bonds is 3. The fourth-order valence-corrected chi connectivity index (χ4v) is 4.40. The summed E-state index contributed by atoms with van der Waals surface area (Å²) in [5.74, 6) is -0.160. The topological polar surface area (TPSA) is 86.7 Å². The molecule has 0 unspecified atom stereocenters. The molecular weight excluding hydrogens is 449 g/mol. The molecule has 3 aromatic heterocycles. The Bertz CT molecular complexity index is 1380. The minimum atomic E-state index is -4.50. The van der Waals surface area contributed by atoms with Gasteiger partial charge in [0, 0.05) is 31.8 Å². The first-order valence-corrected chi connectivity index (χ1v) is 10.6. The number of aromatic nitrogens is 7.